The minimum Gasteiger partial charge on any atom is -0.381 e. The van der Waals surface area contributed by atoms with Crippen LogP contribution in [-0.4, -0.2) is 38.9 Å². The van der Waals surface area contributed by atoms with Gasteiger partial charge in [-0.3, -0.25) is 13.6 Å². The predicted octanol–water partition coefficient (Wildman–Crippen LogP) is 3.17. The molecule has 0 aromatic heterocycles. The standard InChI is InChI=1S/C16H37N2O5P/c1-3-5-11-20-13-7-9-15(17)22-24(19)23-16(18)10-8-14-21-12-6-4-2/h15-16,24H,3-14,17-18H2,1-2H3. The van der Waals surface area contributed by atoms with Gasteiger partial charge in [0.25, 0.3) is 0 Å². The van der Waals surface area contributed by atoms with Gasteiger partial charge < -0.3 is 20.9 Å². The van der Waals surface area contributed by atoms with E-state index in [2.05, 4.69) is 13.8 Å². The van der Waals surface area contributed by atoms with Crippen LogP contribution in [0.1, 0.15) is 65.2 Å². The van der Waals surface area contributed by atoms with Gasteiger partial charge in [-0.2, -0.15) is 0 Å². The van der Waals surface area contributed by atoms with Crippen LogP contribution in [0.4, 0.5) is 0 Å². The molecule has 24 heavy (non-hydrogen) atoms. The van der Waals surface area contributed by atoms with Crippen LogP contribution in [0.3, 0.4) is 0 Å². The molecule has 0 aromatic carbocycles. The first-order valence-corrected chi connectivity index (χ1v) is 10.4. The second-order valence-corrected chi connectivity index (χ2v) is 6.75. The Morgan fingerprint density at radius 1 is 0.750 bits per heavy atom. The van der Waals surface area contributed by atoms with Crippen LogP contribution >= 0.6 is 8.25 Å². The molecule has 4 N–H and O–H groups in total. The number of hydrogen-bond acceptors (Lipinski definition) is 7. The third kappa shape index (κ3) is 16.8. The van der Waals surface area contributed by atoms with Gasteiger partial charge >= 0.3 is 8.25 Å². The minimum absolute atomic E-state index is 0.576. The summed E-state index contributed by atoms with van der Waals surface area (Å²) in [7, 11) is -2.67. The van der Waals surface area contributed by atoms with Crippen molar-refractivity contribution >= 4 is 8.25 Å². The Bertz CT molecular complexity index is 272. The van der Waals surface area contributed by atoms with E-state index in [1.54, 1.807) is 0 Å². The maximum atomic E-state index is 11.7. The van der Waals surface area contributed by atoms with Gasteiger partial charge in [0, 0.05) is 26.4 Å². The van der Waals surface area contributed by atoms with Crippen LogP contribution in [-0.2, 0) is 23.1 Å². The number of hydrogen-bond donors (Lipinski definition) is 2. The summed E-state index contributed by atoms with van der Waals surface area (Å²) in [4.78, 5) is 0. The first-order chi connectivity index (χ1) is 11.6. The lowest BCUT2D eigenvalue weighted by molar-refractivity contribution is 0.0918. The SMILES string of the molecule is CCCCOCCCC(N)O[PH](=O)OC(N)CCCOCCCC. The van der Waals surface area contributed by atoms with Gasteiger partial charge in [-0.1, -0.05) is 26.7 Å². The lowest BCUT2D eigenvalue weighted by atomic mass is 10.3. The van der Waals surface area contributed by atoms with E-state index >= 15 is 0 Å². The minimum atomic E-state index is -2.67. The molecule has 0 saturated carbocycles. The Balaban J connectivity index is 3.54. The molecule has 7 nitrogen and oxygen atoms in total. The molecule has 2 unspecified atom stereocenters. The molecule has 0 heterocycles. The van der Waals surface area contributed by atoms with Gasteiger partial charge in [0.2, 0.25) is 0 Å². The summed E-state index contributed by atoms with van der Waals surface area (Å²) in [6.07, 6.45) is 5.81. The number of rotatable bonds is 18. The van der Waals surface area contributed by atoms with Gasteiger partial charge in [-0.05, 0) is 38.5 Å². The zero-order valence-corrected chi connectivity index (χ0v) is 16.3. The normalized spacial score (nSPS) is 15.3. The number of unbranched alkanes of at least 4 members (excludes halogenated alkanes) is 2. The summed E-state index contributed by atoms with van der Waals surface area (Å²) in [5, 5.41) is 0. The Morgan fingerprint density at radius 2 is 1.12 bits per heavy atom. The number of ether oxygens (including phenoxy) is 2. The van der Waals surface area contributed by atoms with Crippen molar-refractivity contribution in [2.45, 2.75) is 77.7 Å². The van der Waals surface area contributed by atoms with Crippen molar-refractivity contribution in [1.29, 1.82) is 0 Å². The smallest absolute Gasteiger partial charge is 0.322 e. The fourth-order valence-electron chi connectivity index (χ4n) is 1.86. The van der Waals surface area contributed by atoms with Crippen LogP contribution in [0.25, 0.3) is 0 Å². The van der Waals surface area contributed by atoms with E-state index in [1.165, 1.54) is 0 Å². The van der Waals surface area contributed by atoms with E-state index < -0.39 is 20.7 Å². The van der Waals surface area contributed by atoms with E-state index in [0.717, 1.165) is 51.7 Å². The van der Waals surface area contributed by atoms with Crippen molar-refractivity contribution in [3.63, 3.8) is 0 Å². The van der Waals surface area contributed by atoms with Crippen molar-refractivity contribution in [3.05, 3.63) is 0 Å². The lowest BCUT2D eigenvalue weighted by Gasteiger charge is -2.16. The van der Waals surface area contributed by atoms with E-state index in [-0.39, 0.29) is 0 Å². The third-order valence-electron chi connectivity index (χ3n) is 3.33. The molecule has 146 valence electrons. The van der Waals surface area contributed by atoms with E-state index in [0.29, 0.717) is 26.1 Å². The second kappa shape index (κ2) is 17.8. The molecule has 0 aromatic rings. The first-order valence-electron chi connectivity index (χ1n) is 9.14. The van der Waals surface area contributed by atoms with Crippen molar-refractivity contribution in [3.8, 4) is 0 Å². The molecule has 0 aliphatic carbocycles. The molecule has 0 radical (unpaired) electrons. The highest BCUT2D eigenvalue weighted by atomic mass is 31.1. The monoisotopic (exact) mass is 368 g/mol. The van der Waals surface area contributed by atoms with Crippen LogP contribution in [0.15, 0.2) is 0 Å². The quantitative estimate of drug-likeness (QED) is 0.217. The zero-order chi connectivity index (χ0) is 18.0. The third-order valence-corrected chi connectivity index (χ3v) is 4.32. The fraction of sp³-hybridized carbons (Fsp3) is 1.00. The highest BCUT2D eigenvalue weighted by molar-refractivity contribution is 7.33. The van der Waals surface area contributed by atoms with Crippen LogP contribution in [0.5, 0.6) is 0 Å². The zero-order valence-electron chi connectivity index (χ0n) is 15.3. The Hall–Kier alpha value is -0.0100. The molecular weight excluding hydrogens is 331 g/mol. The van der Waals surface area contributed by atoms with Crippen molar-refractivity contribution in [1.82, 2.24) is 0 Å². The molecule has 0 bridgehead atoms. The van der Waals surface area contributed by atoms with Gasteiger partial charge in [0.1, 0.15) is 12.5 Å². The van der Waals surface area contributed by atoms with E-state index in [1.807, 2.05) is 0 Å². The lowest BCUT2D eigenvalue weighted by Crippen LogP contribution is -2.25. The van der Waals surface area contributed by atoms with Gasteiger partial charge in [0.15, 0.2) is 0 Å². The van der Waals surface area contributed by atoms with E-state index in [9.17, 15) is 4.57 Å². The Kier molecular flexibility index (Phi) is 17.8. The molecule has 0 aliphatic rings. The molecule has 0 rings (SSSR count). The van der Waals surface area contributed by atoms with Crippen LogP contribution in [0, 0.1) is 0 Å². The van der Waals surface area contributed by atoms with Gasteiger partial charge in [-0.15, -0.1) is 0 Å². The molecular formula is C16H37N2O5P. The van der Waals surface area contributed by atoms with E-state index in [4.69, 9.17) is 30.0 Å². The summed E-state index contributed by atoms with van der Waals surface area (Å²) in [5.74, 6) is 0. The van der Waals surface area contributed by atoms with Gasteiger partial charge in [-0.25, -0.2) is 0 Å². The maximum absolute atomic E-state index is 11.7. The molecule has 2 atom stereocenters. The summed E-state index contributed by atoms with van der Waals surface area (Å²) in [6.45, 7) is 7.05. The first kappa shape index (κ1) is 24.0. The van der Waals surface area contributed by atoms with Crippen molar-refractivity contribution < 1.29 is 23.1 Å². The Labute approximate surface area is 147 Å². The maximum Gasteiger partial charge on any atom is 0.322 e. The van der Waals surface area contributed by atoms with Gasteiger partial charge in [0.05, 0.1) is 0 Å². The second-order valence-electron chi connectivity index (χ2n) is 5.78. The molecule has 0 saturated heterocycles. The summed E-state index contributed by atoms with van der Waals surface area (Å²) < 4.78 is 32.9. The highest BCUT2D eigenvalue weighted by Crippen LogP contribution is 2.27. The van der Waals surface area contributed by atoms with Crippen molar-refractivity contribution in [2.75, 3.05) is 26.4 Å². The summed E-state index contributed by atoms with van der Waals surface area (Å²) in [5.41, 5.74) is 11.5. The average Bonchev–Trinajstić information content (AvgIpc) is 2.53. The molecule has 0 aliphatic heterocycles. The van der Waals surface area contributed by atoms with Crippen LogP contribution < -0.4 is 11.5 Å². The Morgan fingerprint density at radius 3 is 1.50 bits per heavy atom. The topological polar surface area (TPSA) is 106 Å². The number of nitrogens with two attached hydrogens (primary N) is 2. The summed E-state index contributed by atoms with van der Waals surface area (Å²) in [6, 6.07) is 0. The predicted molar refractivity (Wildman–Crippen MR) is 97.0 cm³/mol. The average molecular weight is 368 g/mol. The molecule has 0 amide bonds. The molecule has 0 fully saturated rings. The highest BCUT2D eigenvalue weighted by Gasteiger charge is 2.12. The van der Waals surface area contributed by atoms with Crippen molar-refractivity contribution in [2.24, 2.45) is 11.5 Å². The summed E-state index contributed by atoms with van der Waals surface area (Å²) >= 11 is 0. The van der Waals surface area contributed by atoms with Crippen LogP contribution in [0.2, 0.25) is 0 Å². The molecule has 0 spiro atoms. The largest absolute Gasteiger partial charge is 0.381 e. The fourth-order valence-corrected chi connectivity index (χ4v) is 2.65. The molecule has 8 heteroatoms.